The topological polar surface area (TPSA) is 12.0 Å². The lowest BCUT2D eigenvalue weighted by Gasteiger charge is -2.20. The molecule has 0 heterocycles. The van der Waals surface area contributed by atoms with Crippen molar-refractivity contribution in [3.8, 4) is 0 Å². The van der Waals surface area contributed by atoms with Gasteiger partial charge in [-0.05, 0) is 38.0 Å². The number of hydrogen-bond acceptors (Lipinski definition) is 1. The highest BCUT2D eigenvalue weighted by molar-refractivity contribution is 9.10. The normalized spacial score (nSPS) is 14.9. The lowest BCUT2D eigenvalue weighted by molar-refractivity contribution is 0.452. The molecule has 1 nitrogen and oxygen atoms in total. The molecule has 0 amide bonds. The Hall–Kier alpha value is -0.340. The molecule has 1 aromatic carbocycles. The molecule has 0 aliphatic rings. The first-order valence-corrected chi connectivity index (χ1v) is 6.44. The summed E-state index contributed by atoms with van der Waals surface area (Å²) in [5.74, 6) is 0. The van der Waals surface area contributed by atoms with E-state index in [0.29, 0.717) is 12.1 Å². The van der Waals surface area contributed by atoms with Crippen molar-refractivity contribution >= 4 is 15.9 Å². The summed E-state index contributed by atoms with van der Waals surface area (Å²) >= 11 is 3.50. The summed E-state index contributed by atoms with van der Waals surface area (Å²) in [5, 5.41) is 3.60. The van der Waals surface area contributed by atoms with Crippen LogP contribution in [0.15, 0.2) is 28.7 Å². The van der Waals surface area contributed by atoms with Gasteiger partial charge in [0.05, 0.1) is 0 Å². The van der Waals surface area contributed by atoms with Crippen molar-refractivity contribution in [3.63, 3.8) is 0 Å². The maximum absolute atomic E-state index is 3.60. The summed E-state index contributed by atoms with van der Waals surface area (Å²) in [6.45, 7) is 6.69. The summed E-state index contributed by atoms with van der Waals surface area (Å²) in [6.07, 6.45) is 2.47. The van der Waals surface area contributed by atoms with E-state index in [1.165, 1.54) is 18.4 Å². The van der Waals surface area contributed by atoms with Crippen molar-refractivity contribution in [1.29, 1.82) is 0 Å². The molecular weight excluding hydrogens is 250 g/mol. The molecule has 0 saturated carbocycles. The molecule has 0 aliphatic carbocycles. The Morgan fingerprint density at radius 1 is 1.33 bits per heavy atom. The average molecular weight is 270 g/mol. The predicted molar refractivity (Wildman–Crippen MR) is 70.1 cm³/mol. The highest BCUT2D eigenvalue weighted by Gasteiger charge is 2.08. The second-order valence-electron chi connectivity index (χ2n) is 4.13. The van der Waals surface area contributed by atoms with Gasteiger partial charge in [-0.3, -0.25) is 0 Å². The summed E-state index contributed by atoms with van der Waals surface area (Å²) < 4.78 is 1.15. The van der Waals surface area contributed by atoms with Crippen molar-refractivity contribution in [2.45, 2.75) is 45.7 Å². The highest BCUT2D eigenvalue weighted by Crippen LogP contribution is 2.18. The van der Waals surface area contributed by atoms with E-state index >= 15 is 0 Å². The minimum absolute atomic E-state index is 0.420. The van der Waals surface area contributed by atoms with Gasteiger partial charge in [0.2, 0.25) is 0 Å². The molecule has 0 saturated heterocycles. The fourth-order valence-electron chi connectivity index (χ4n) is 1.82. The Morgan fingerprint density at radius 3 is 2.67 bits per heavy atom. The summed E-state index contributed by atoms with van der Waals surface area (Å²) in [6, 6.07) is 9.50. The van der Waals surface area contributed by atoms with E-state index in [1.807, 2.05) is 0 Å². The molecule has 2 atom stereocenters. The Bertz CT molecular complexity index is 298. The molecule has 1 unspecified atom stereocenters. The molecule has 1 rings (SSSR count). The van der Waals surface area contributed by atoms with Crippen LogP contribution in [-0.4, -0.2) is 6.04 Å². The van der Waals surface area contributed by atoms with Crippen molar-refractivity contribution in [1.82, 2.24) is 5.32 Å². The van der Waals surface area contributed by atoms with E-state index in [4.69, 9.17) is 0 Å². The molecule has 0 aliphatic heterocycles. The van der Waals surface area contributed by atoms with Gasteiger partial charge in [-0.25, -0.2) is 0 Å². The number of hydrogen-bond donors (Lipinski definition) is 1. The number of halogens is 1. The van der Waals surface area contributed by atoms with Crippen LogP contribution in [0.2, 0.25) is 0 Å². The zero-order valence-electron chi connectivity index (χ0n) is 9.76. The van der Waals surface area contributed by atoms with Gasteiger partial charge in [-0.1, -0.05) is 41.4 Å². The van der Waals surface area contributed by atoms with E-state index in [0.717, 1.165) is 4.47 Å². The third-order valence-corrected chi connectivity index (χ3v) is 3.10. The first-order chi connectivity index (χ1) is 7.13. The standard InChI is InChI=1S/C13H20BrN/c1-4-6-10(2)15-11(3)12-7-5-8-13(14)9-12/h5,7-11,15H,4,6H2,1-3H3/t10?,11-/m1/s1. The zero-order valence-corrected chi connectivity index (χ0v) is 11.3. The molecule has 2 heteroatoms. The molecular formula is C13H20BrN. The maximum atomic E-state index is 3.60. The van der Waals surface area contributed by atoms with E-state index < -0.39 is 0 Å². The molecule has 1 aromatic rings. The molecule has 0 radical (unpaired) electrons. The van der Waals surface area contributed by atoms with Gasteiger partial charge < -0.3 is 5.32 Å². The van der Waals surface area contributed by atoms with E-state index in [2.05, 4.69) is 66.3 Å². The Balaban J connectivity index is 2.56. The SMILES string of the molecule is CCCC(C)N[C@H](C)c1cccc(Br)c1. The van der Waals surface area contributed by atoms with Gasteiger partial charge in [0.1, 0.15) is 0 Å². The van der Waals surface area contributed by atoms with Crippen LogP contribution in [0, 0.1) is 0 Å². The van der Waals surface area contributed by atoms with Crippen molar-refractivity contribution in [3.05, 3.63) is 34.3 Å². The van der Waals surface area contributed by atoms with Crippen LogP contribution in [0.1, 0.15) is 45.2 Å². The largest absolute Gasteiger partial charge is 0.308 e. The van der Waals surface area contributed by atoms with E-state index in [1.54, 1.807) is 0 Å². The third-order valence-electron chi connectivity index (χ3n) is 2.60. The Morgan fingerprint density at radius 2 is 2.07 bits per heavy atom. The molecule has 0 bridgehead atoms. The third kappa shape index (κ3) is 4.35. The van der Waals surface area contributed by atoms with Crippen LogP contribution in [0.5, 0.6) is 0 Å². The van der Waals surface area contributed by atoms with Gasteiger partial charge >= 0.3 is 0 Å². The second kappa shape index (κ2) is 6.29. The quantitative estimate of drug-likeness (QED) is 0.841. The minimum atomic E-state index is 0.420. The molecule has 0 fully saturated rings. The molecule has 84 valence electrons. The van der Waals surface area contributed by atoms with Gasteiger partial charge in [0.15, 0.2) is 0 Å². The van der Waals surface area contributed by atoms with Crippen LogP contribution in [0.3, 0.4) is 0 Å². The minimum Gasteiger partial charge on any atom is -0.308 e. The predicted octanol–water partition coefficient (Wildman–Crippen LogP) is 4.29. The first kappa shape index (κ1) is 12.7. The van der Waals surface area contributed by atoms with Gasteiger partial charge in [-0.15, -0.1) is 0 Å². The zero-order chi connectivity index (χ0) is 11.3. The Kier molecular flexibility index (Phi) is 5.34. The monoisotopic (exact) mass is 269 g/mol. The summed E-state index contributed by atoms with van der Waals surface area (Å²) in [7, 11) is 0. The van der Waals surface area contributed by atoms with Gasteiger partial charge in [0.25, 0.3) is 0 Å². The van der Waals surface area contributed by atoms with Crippen LogP contribution >= 0.6 is 15.9 Å². The number of benzene rings is 1. The van der Waals surface area contributed by atoms with Crippen LogP contribution < -0.4 is 5.32 Å². The molecule has 15 heavy (non-hydrogen) atoms. The molecule has 0 aromatic heterocycles. The van der Waals surface area contributed by atoms with Crippen molar-refractivity contribution in [2.24, 2.45) is 0 Å². The Labute approximate surface area is 101 Å². The first-order valence-electron chi connectivity index (χ1n) is 5.65. The van der Waals surface area contributed by atoms with Gasteiger partial charge in [-0.2, -0.15) is 0 Å². The van der Waals surface area contributed by atoms with Crippen molar-refractivity contribution < 1.29 is 0 Å². The van der Waals surface area contributed by atoms with Crippen LogP contribution in [0.25, 0.3) is 0 Å². The lowest BCUT2D eigenvalue weighted by Crippen LogP contribution is -2.28. The molecule has 1 N–H and O–H groups in total. The fraction of sp³-hybridized carbons (Fsp3) is 0.538. The summed E-state index contributed by atoms with van der Waals surface area (Å²) in [5.41, 5.74) is 1.34. The van der Waals surface area contributed by atoms with Crippen molar-refractivity contribution in [2.75, 3.05) is 0 Å². The van der Waals surface area contributed by atoms with Crippen LogP contribution in [0.4, 0.5) is 0 Å². The lowest BCUT2D eigenvalue weighted by atomic mass is 10.1. The maximum Gasteiger partial charge on any atom is 0.0294 e. The smallest absolute Gasteiger partial charge is 0.0294 e. The highest BCUT2D eigenvalue weighted by atomic mass is 79.9. The van der Waals surface area contributed by atoms with E-state index in [9.17, 15) is 0 Å². The van der Waals surface area contributed by atoms with E-state index in [-0.39, 0.29) is 0 Å². The van der Waals surface area contributed by atoms with Crippen LogP contribution in [-0.2, 0) is 0 Å². The fourth-order valence-corrected chi connectivity index (χ4v) is 2.23. The summed E-state index contributed by atoms with van der Waals surface area (Å²) in [4.78, 5) is 0. The number of nitrogens with one attached hydrogen (secondary N) is 1. The molecule has 0 spiro atoms. The second-order valence-corrected chi connectivity index (χ2v) is 5.05. The average Bonchev–Trinajstić information content (AvgIpc) is 2.18. The number of rotatable bonds is 5. The van der Waals surface area contributed by atoms with Gasteiger partial charge in [0, 0.05) is 16.6 Å².